The number of hydrogen-bond donors (Lipinski definition) is 2. The van der Waals surface area contributed by atoms with Crippen LogP contribution >= 0.6 is 0 Å². The van der Waals surface area contributed by atoms with Crippen LogP contribution in [0.2, 0.25) is 0 Å². The van der Waals surface area contributed by atoms with E-state index < -0.39 is 0 Å². The summed E-state index contributed by atoms with van der Waals surface area (Å²) >= 11 is 0. The molecule has 0 aromatic rings. The van der Waals surface area contributed by atoms with E-state index in [2.05, 4.69) is 6.92 Å². The van der Waals surface area contributed by atoms with Gasteiger partial charge in [-0.3, -0.25) is 0 Å². The van der Waals surface area contributed by atoms with Gasteiger partial charge >= 0.3 is 0 Å². The Labute approximate surface area is 156 Å². The molecule has 3 heteroatoms. The molecule has 0 amide bonds. The van der Waals surface area contributed by atoms with E-state index in [0.717, 1.165) is 18.3 Å². The van der Waals surface area contributed by atoms with E-state index in [1.165, 1.54) is 89.9 Å². The van der Waals surface area contributed by atoms with E-state index in [-0.39, 0.29) is 19.3 Å². The maximum absolute atomic E-state index is 8.90. The van der Waals surface area contributed by atoms with Crippen molar-refractivity contribution in [1.82, 2.24) is 0 Å². The van der Waals surface area contributed by atoms with Crippen LogP contribution in [0.15, 0.2) is 0 Å². The number of rotatable bonds is 19. The van der Waals surface area contributed by atoms with E-state index in [4.69, 9.17) is 14.9 Å². The zero-order chi connectivity index (χ0) is 18.2. The highest BCUT2D eigenvalue weighted by atomic mass is 16.5. The van der Waals surface area contributed by atoms with Gasteiger partial charge in [-0.05, 0) is 24.7 Å². The van der Waals surface area contributed by atoms with Gasteiger partial charge in [0.25, 0.3) is 0 Å². The van der Waals surface area contributed by atoms with Crippen molar-refractivity contribution in [1.29, 1.82) is 0 Å². The molecular formula is C22H44O3. The van der Waals surface area contributed by atoms with Gasteiger partial charge in [-0.2, -0.15) is 0 Å². The molecule has 2 atom stereocenters. The van der Waals surface area contributed by atoms with Crippen molar-refractivity contribution in [3.8, 4) is 0 Å². The smallest absolute Gasteiger partial charge is 0.104 e. The minimum absolute atomic E-state index is 0.0858. The summed E-state index contributed by atoms with van der Waals surface area (Å²) in [5.74, 6) is 2.15. The monoisotopic (exact) mass is 356 g/mol. The number of ether oxygens (including phenoxy) is 1. The first kappa shape index (κ1) is 22.9. The van der Waals surface area contributed by atoms with Gasteiger partial charge in [0.1, 0.15) is 6.10 Å². The molecule has 150 valence electrons. The molecule has 1 aliphatic rings. The average Bonchev–Trinajstić information content (AvgIpc) is 3.38. The largest absolute Gasteiger partial charge is 0.394 e. The van der Waals surface area contributed by atoms with Crippen LogP contribution < -0.4 is 0 Å². The fourth-order valence-corrected chi connectivity index (χ4v) is 3.83. The molecule has 1 rings (SSSR count). The molecule has 0 aliphatic heterocycles. The van der Waals surface area contributed by atoms with Gasteiger partial charge in [0.15, 0.2) is 0 Å². The summed E-state index contributed by atoms with van der Waals surface area (Å²) in [6, 6.07) is 0. The fraction of sp³-hybridized carbons (Fsp3) is 1.00. The molecule has 0 unspecified atom stereocenters. The third-order valence-electron chi connectivity index (χ3n) is 5.73. The van der Waals surface area contributed by atoms with Crippen molar-refractivity contribution < 1.29 is 14.9 Å². The van der Waals surface area contributed by atoms with E-state index in [1.54, 1.807) is 0 Å². The maximum atomic E-state index is 8.90. The Morgan fingerprint density at radius 3 is 1.72 bits per heavy atom. The van der Waals surface area contributed by atoms with Crippen LogP contribution in [-0.2, 0) is 4.74 Å². The van der Waals surface area contributed by atoms with Gasteiger partial charge in [-0.25, -0.2) is 0 Å². The van der Waals surface area contributed by atoms with E-state index >= 15 is 0 Å². The number of unbranched alkanes of at least 4 members (excludes halogenated alkanes) is 10. The van der Waals surface area contributed by atoms with E-state index in [0.29, 0.717) is 6.61 Å². The molecule has 0 radical (unpaired) electrons. The molecule has 0 saturated heterocycles. The van der Waals surface area contributed by atoms with Gasteiger partial charge in [0, 0.05) is 6.61 Å². The van der Waals surface area contributed by atoms with Gasteiger partial charge in [0.2, 0.25) is 0 Å². The Kier molecular flexibility index (Phi) is 14.7. The molecule has 0 bridgehead atoms. The number of hydrogen-bond acceptors (Lipinski definition) is 3. The van der Waals surface area contributed by atoms with Crippen LogP contribution in [-0.4, -0.2) is 36.1 Å². The standard InChI is InChI=1S/C22H44O3/c1-2-3-4-5-8-11-14-20-17-21(20)15-12-9-6-7-10-13-16-25-22(18-23)19-24/h20-24H,2-19H2,1H3/t20-,21+/m1/s1. The molecule has 2 N–H and O–H groups in total. The molecule has 0 spiro atoms. The Hall–Kier alpha value is -0.120. The quantitative estimate of drug-likeness (QED) is 0.302. The van der Waals surface area contributed by atoms with Crippen LogP contribution in [0.25, 0.3) is 0 Å². The molecular weight excluding hydrogens is 312 g/mol. The first-order valence-electron chi connectivity index (χ1n) is 11.1. The van der Waals surface area contributed by atoms with Crippen molar-refractivity contribution in [3.05, 3.63) is 0 Å². The van der Waals surface area contributed by atoms with Crippen LogP contribution in [0, 0.1) is 11.8 Å². The topological polar surface area (TPSA) is 49.7 Å². The summed E-state index contributed by atoms with van der Waals surface area (Å²) in [4.78, 5) is 0. The minimum atomic E-state index is -0.386. The molecule has 3 nitrogen and oxygen atoms in total. The lowest BCUT2D eigenvalue weighted by Crippen LogP contribution is -2.22. The molecule has 1 fully saturated rings. The summed E-state index contributed by atoms with van der Waals surface area (Å²) in [5.41, 5.74) is 0. The molecule has 1 saturated carbocycles. The Morgan fingerprint density at radius 1 is 0.720 bits per heavy atom. The van der Waals surface area contributed by atoms with Gasteiger partial charge in [-0.15, -0.1) is 0 Å². The first-order chi connectivity index (χ1) is 12.3. The summed E-state index contributed by atoms with van der Waals surface area (Å²) < 4.78 is 5.38. The second-order valence-electron chi connectivity index (χ2n) is 8.08. The van der Waals surface area contributed by atoms with Crippen molar-refractivity contribution in [2.75, 3.05) is 19.8 Å². The van der Waals surface area contributed by atoms with Gasteiger partial charge in [0.05, 0.1) is 13.2 Å². The first-order valence-corrected chi connectivity index (χ1v) is 11.1. The summed E-state index contributed by atoms with van der Waals surface area (Å²) in [6.45, 7) is 2.78. The lowest BCUT2D eigenvalue weighted by atomic mass is 10.0. The highest BCUT2D eigenvalue weighted by Gasteiger charge is 2.34. The highest BCUT2D eigenvalue weighted by Crippen LogP contribution is 2.45. The zero-order valence-corrected chi connectivity index (χ0v) is 16.8. The van der Waals surface area contributed by atoms with Crippen LogP contribution in [0.1, 0.15) is 103 Å². The molecule has 25 heavy (non-hydrogen) atoms. The van der Waals surface area contributed by atoms with E-state index in [9.17, 15) is 0 Å². The molecule has 1 aliphatic carbocycles. The minimum Gasteiger partial charge on any atom is -0.394 e. The van der Waals surface area contributed by atoms with Crippen LogP contribution in [0.3, 0.4) is 0 Å². The van der Waals surface area contributed by atoms with Crippen molar-refractivity contribution in [2.24, 2.45) is 11.8 Å². The van der Waals surface area contributed by atoms with Crippen LogP contribution in [0.4, 0.5) is 0 Å². The average molecular weight is 357 g/mol. The summed E-state index contributed by atoms with van der Waals surface area (Å²) in [6.07, 6.45) is 20.4. The predicted octanol–water partition coefficient (Wildman–Crippen LogP) is 5.47. The van der Waals surface area contributed by atoms with Crippen molar-refractivity contribution in [3.63, 3.8) is 0 Å². The third-order valence-corrected chi connectivity index (χ3v) is 5.73. The summed E-state index contributed by atoms with van der Waals surface area (Å²) in [7, 11) is 0. The molecule has 0 aromatic carbocycles. The highest BCUT2D eigenvalue weighted by molar-refractivity contribution is 4.85. The molecule has 0 heterocycles. The summed E-state index contributed by atoms with van der Waals surface area (Å²) in [5, 5.41) is 17.8. The van der Waals surface area contributed by atoms with Gasteiger partial charge in [-0.1, -0.05) is 90.4 Å². The number of aliphatic hydroxyl groups is 2. The third kappa shape index (κ3) is 12.8. The zero-order valence-electron chi connectivity index (χ0n) is 16.8. The number of aliphatic hydroxyl groups excluding tert-OH is 2. The Balaban J connectivity index is 1.75. The lowest BCUT2D eigenvalue weighted by Gasteiger charge is -2.11. The second-order valence-corrected chi connectivity index (χ2v) is 8.08. The SMILES string of the molecule is CCCCCCCC[C@@H]1C[C@@H]1CCCCCCCCOC(CO)CO. The second kappa shape index (κ2) is 16.1. The van der Waals surface area contributed by atoms with Gasteiger partial charge < -0.3 is 14.9 Å². The maximum Gasteiger partial charge on any atom is 0.104 e. The fourth-order valence-electron chi connectivity index (χ4n) is 3.83. The lowest BCUT2D eigenvalue weighted by molar-refractivity contribution is -0.0208. The van der Waals surface area contributed by atoms with E-state index in [1.807, 2.05) is 0 Å². The predicted molar refractivity (Wildman–Crippen MR) is 106 cm³/mol. The van der Waals surface area contributed by atoms with Crippen molar-refractivity contribution in [2.45, 2.75) is 109 Å². The Bertz CT molecular complexity index is 278. The molecule has 0 aromatic heterocycles. The van der Waals surface area contributed by atoms with Crippen molar-refractivity contribution >= 4 is 0 Å². The normalized spacial score (nSPS) is 19.7. The van der Waals surface area contributed by atoms with Crippen LogP contribution in [0.5, 0.6) is 0 Å². The Morgan fingerprint density at radius 2 is 1.20 bits per heavy atom.